The fourth-order valence-electron chi connectivity index (χ4n) is 2.16. The number of rotatable bonds is 4. The summed E-state index contributed by atoms with van der Waals surface area (Å²) in [7, 11) is 3.34. The summed E-state index contributed by atoms with van der Waals surface area (Å²) < 4.78 is 5.42. The van der Waals surface area contributed by atoms with Gasteiger partial charge in [-0.3, -0.25) is 9.59 Å². The van der Waals surface area contributed by atoms with Gasteiger partial charge in [-0.05, 0) is 31.4 Å². The summed E-state index contributed by atoms with van der Waals surface area (Å²) in [4.78, 5) is 25.1. The van der Waals surface area contributed by atoms with E-state index in [9.17, 15) is 9.59 Å². The number of carbonyl (C=O) groups excluding carboxylic acids is 2. The molecule has 2 amide bonds. The lowest BCUT2D eigenvalue weighted by Crippen LogP contribution is -2.30. The maximum absolute atomic E-state index is 12.0. The lowest BCUT2D eigenvalue weighted by atomic mass is 9.94. The molecule has 1 N–H and O–H groups in total. The minimum atomic E-state index is -0.181. The molecule has 0 saturated carbocycles. The molecule has 1 heterocycles. The SMILES string of the molecule is CN(C)C(=O)c1ccc(CNC(=O)[C@H]2CC=CCC2)o1. The predicted octanol–water partition coefficient (Wildman–Crippen LogP) is 1.95. The highest BCUT2D eigenvalue weighted by Gasteiger charge is 2.19. The van der Waals surface area contributed by atoms with Gasteiger partial charge in [-0.1, -0.05) is 12.2 Å². The molecule has 1 aliphatic rings. The van der Waals surface area contributed by atoms with Crippen molar-refractivity contribution < 1.29 is 14.0 Å². The maximum atomic E-state index is 12.0. The van der Waals surface area contributed by atoms with Gasteiger partial charge in [-0.25, -0.2) is 0 Å². The summed E-state index contributed by atoms with van der Waals surface area (Å²) in [6, 6.07) is 3.35. The van der Waals surface area contributed by atoms with E-state index < -0.39 is 0 Å². The van der Waals surface area contributed by atoms with Gasteiger partial charge in [-0.15, -0.1) is 0 Å². The van der Waals surface area contributed by atoms with Crippen molar-refractivity contribution in [2.45, 2.75) is 25.8 Å². The molecule has 108 valence electrons. The topological polar surface area (TPSA) is 62.6 Å². The largest absolute Gasteiger partial charge is 0.454 e. The third kappa shape index (κ3) is 3.50. The molecule has 0 bridgehead atoms. The zero-order valence-electron chi connectivity index (χ0n) is 11.9. The number of nitrogens with one attached hydrogen (secondary N) is 1. The smallest absolute Gasteiger partial charge is 0.289 e. The van der Waals surface area contributed by atoms with Crippen molar-refractivity contribution in [2.75, 3.05) is 14.1 Å². The van der Waals surface area contributed by atoms with E-state index in [-0.39, 0.29) is 17.7 Å². The molecule has 0 aromatic carbocycles. The van der Waals surface area contributed by atoms with E-state index in [2.05, 4.69) is 17.5 Å². The molecule has 0 aliphatic heterocycles. The van der Waals surface area contributed by atoms with Gasteiger partial charge in [-0.2, -0.15) is 0 Å². The van der Waals surface area contributed by atoms with Crippen LogP contribution in [0.3, 0.4) is 0 Å². The van der Waals surface area contributed by atoms with Gasteiger partial charge in [0, 0.05) is 20.0 Å². The van der Waals surface area contributed by atoms with Crippen LogP contribution in [0.15, 0.2) is 28.7 Å². The Morgan fingerprint density at radius 2 is 2.15 bits per heavy atom. The first-order valence-corrected chi connectivity index (χ1v) is 6.81. The van der Waals surface area contributed by atoms with Gasteiger partial charge in [0.1, 0.15) is 5.76 Å². The predicted molar refractivity (Wildman–Crippen MR) is 75.1 cm³/mol. The lowest BCUT2D eigenvalue weighted by Gasteiger charge is -2.16. The lowest BCUT2D eigenvalue weighted by molar-refractivity contribution is -0.125. The van der Waals surface area contributed by atoms with Crippen LogP contribution < -0.4 is 5.32 Å². The van der Waals surface area contributed by atoms with E-state index >= 15 is 0 Å². The minimum absolute atomic E-state index is 0.0474. The number of carbonyl (C=O) groups is 2. The molecular formula is C15H20N2O3. The zero-order chi connectivity index (χ0) is 14.5. The third-order valence-corrected chi connectivity index (χ3v) is 3.36. The van der Waals surface area contributed by atoms with Gasteiger partial charge in [0.15, 0.2) is 5.76 Å². The average molecular weight is 276 g/mol. The molecule has 5 nitrogen and oxygen atoms in total. The number of hydrogen-bond acceptors (Lipinski definition) is 3. The maximum Gasteiger partial charge on any atom is 0.289 e. The van der Waals surface area contributed by atoms with E-state index in [0.717, 1.165) is 19.3 Å². The monoisotopic (exact) mass is 276 g/mol. The highest BCUT2D eigenvalue weighted by Crippen LogP contribution is 2.18. The first-order chi connectivity index (χ1) is 9.58. The molecule has 1 aromatic rings. The molecule has 20 heavy (non-hydrogen) atoms. The highest BCUT2D eigenvalue weighted by molar-refractivity contribution is 5.91. The van der Waals surface area contributed by atoms with Gasteiger partial charge < -0.3 is 14.6 Å². The number of amides is 2. The van der Waals surface area contributed by atoms with Crippen molar-refractivity contribution >= 4 is 11.8 Å². The van der Waals surface area contributed by atoms with Crippen LogP contribution in [-0.2, 0) is 11.3 Å². The summed E-state index contributed by atoms with van der Waals surface area (Å²) in [5.41, 5.74) is 0. The third-order valence-electron chi connectivity index (χ3n) is 3.36. The zero-order valence-corrected chi connectivity index (χ0v) is 11.9. The van der Waals surface area contributed by atoms with Gasteiger partial charge in [0.05, 0.1) is 6.54 Å². The Morgan fingerprint density at radius 1 is 1.35 bits per heavy atom. The summed E-state index contributed by atoms with van der Waals surface area (Å²) >= 11 is 0. The van der Waals surface area contributed by atoms with Crippen molar-refractivity contribution in [1.82, 2.24) is 10.2 Å². The second kappa shape index (κ2) is 6.41. The Kier molecular flexibility index (Phi) is 4.61. The second-order valence-corrected chi connectivity index (χ2v) is 5.16. The normalized spacial score (nSPS) is 17.8. The Labute approximate surface area is 118 Å². The molecule has 5 heteroatoms. The summed E-state index contributed by atoms with van der Waals surface area (Å²) in [5.74, 6) is 0.804. The molecule has 1 atom stereocenters. The number of nitrogens with zero attached hydrogens (tertiary/aromatic N) is 1. The summed E-state index contributed by atoms with van der Waals surface area (Å²) in [6.45, 7) is 0.319. The first-order valence-electron chi connectivity index (χ1n) is 6.81. The standard InChI is InChI=1S/C15H20N2O3/c1-17(2)15(19)13-9-8-12(20-13)10-16-14(18)11-6-4-3-5-7-11/h3-4,8-9,11H,5-7,10H2,1-2H3,(H,16,18)/t11-/m0/s1. The van der Waals surface area contributed by atoms with E-state index in [4.69, 9.17) is 4.42 Å². The van der Waals surface area contributed by atoms with Crippen molar-refractivity contribution in [3.63, 3.8) is 0 Å². The van der Waals surface area contributed by atoms with Gasteiger partial charge in [0.2, 0.25) is 5.91 Å². The molecule has 1 aromatic heterocycles. The minimum Gasteiger partial charge on any atom is -0.454 e. The van der Waals surface area contributed by atoms with E-state index in [1.165, 1.54) is 4.90 Å². The fourth-order valence-corrected chi connectivity index (χ4v) is 2.16. The van der Waals surface area contributed by atoms with E-state index in [1.807, 2.05) is 0 Å². The molecule has 0 unspecified atom stereocenters. The van der Waals surface area contributed by atoms with E-state index in [1.54, 1.807) is 26.2 Å². The molecule has 2 rings (SSSR count). The average Bonchev–Trinajstić information content (AvgIpc) is 2.93. The van der Waals surface area contributed by atoms with Crippen LogP contribution in [0.2, 0.25) is 0 Å². The van der Waals surface area contributed by atoms with Crippen LogP contribution >= 0.6 is 0 Å². The molecular weight excluding hydrogens is 256 g/mol. The van der Waals surface area contributed by atoms with Crippen LogP contribution in [0.1, 0.15) is 35.6 Å². The molecule has 0 saturated heterocycles. The Hall–Kier alpha value is -2.04. The Bertz CT molecular complexity index is 517. The summed E-state index contributed by atoms with van der Waals surface area (Å²) in [5, 5.41) is 2.86. The van der Waals surface area contributed by atoms with Crippen LogP contribution in [-0.4, -0.2) is 30.8 Å². The first kappa shape index (κ1) is 14.4. The van der Waals surface area contributed by atoms with Crippen LogP contribution in [0.5, 0.6) is 0 Å². The fraction of sp³-hybridized carbons (Fsp3) is 0.467. The molecule has 1 aliphatic carbocycles. The van der Waals surface area contributed by atoms with Crippen molar-refractivity contribution in [1.29, 1.82) is 0 Å². The van der Waals surface area contributed by atoms with Crippen LogP contribution in [0.25, 0.3) is 0 Å². The molecule has 0 radical (unpaired) electrons. The van der Waals surface area contributed by atoms with Gasteiger partial charge >= 0.3 is 0 Å². The van der Waals surface area contributed by atoms with Crippen molar-refractivity contribution in [3.05, 3.63) is 35.8 Å². The van der Waals surface area contributed by atoms with Crippen molar-refractivity contribution in [2.24, 2.45) is 5.92 Å². The summed E-state index contributed by atoms with van der Waals surface area (Å²) in [6.07, 6.45) is 6.81. The van der Waals surface area contributed by atoms with Crippen LogP contribution in [0.4, 0.5) is 0 Å². The number of hydrogen-bond donors (Lipinski definition) is 1. The molecule has 0 fully saturated rings. The molecule has 0 spiro atoms. The number of furan rings is 1. The van der Waals surface area contributed by atoms with Crippen molar-refractivity contribution in [3.8, 4) is 0 Å². The quantitative estimate of drug-likeness (QED) is 0.855. The van der Waals surface area contributed by atoms with Gasteiger partial charge in [0.25, 0.3) is 5.91 Å². The highest BCUT2D eigenvalue weighted by atomic mass is 16.4. The Balaban J connectivity index is 1.86. The Morgan fingerprint density at radius 3 is 2.80 bits per heavy atom. The van der Waals surface area contributed by atoms with E-state index in [0.29, 0.717) is 18.1 Å². The number of allylic oxidation sites excluding steroid dienone is 2. The second-order valence-electron chi connectivity index (χ2n) is 5.16. The van der Waals surface area contributed by atoms with Crippen LogP contribution in [0, 0.1) is 5.92 Å².